The van der Waals surface area contributed by atoms with Crippen LogP contribution in [0.25, 0.3) is 16.5 Å². The van der Waals surface area contributed by atoms with Crippen LogP contribution in [0.5, 0.6) is 0 Å². The maximum absolute atomic E-state index is 13.6. The van der Waals surface area contributed by atoms with E-state index in [1.165, 1.54) is 16.8 Å². The highest BCUT2D eigenvalue weighted by Crippen LogP contribution is 2.36. The third-order valence-corrected chi connectivity index (χ3v) is 6.31. The second kappa shape index (κ2) is 8.55. The first-order valence-electron chi connectivity index (χ1n) is 11.1. The fourth-order valence-corrected chi connectivity index (χ4v) is 4.75. The van der Waals surface area contributed by atoms with Crippen LogP contribution in [-0.4, -0.2) is 32.1 Å². The molecule has 1 aromatic heterocycles. The van der Waals surface area contributed by atoms with E-state index in [9.17, 15) is 19.7 Å². The Bertz CT molecular complexity index is 1490. The summed E-state index contributed by atoms with van der Waals surface area (Å²) in [5.41, 5.74) is 0.746. The van der Waals surface area contributed by atoms with Crippen molar-refractivity contribution in [1.82, 2.24) is 14.7 Å². The zero-order chi connectivity index (χ0) is 23.8. The molecule has 5 rings (SSSR count). The van der Waals surface area contributed by atoms with Crippen LogP contribution in [-0.2, 0) is 0 Å². The van der Waals surface area contributed by atoms with Crippen LogP contribution in [0.15, 0.2) is 77.6 Å². The maximum Gasteiger partial charge on any atom is 0.294 e. The van der Waals surface area contributed by atoms with Gasteiger partial charge in [-0.05, 0) is 42.2 Å². The molecule has 34 heavy (non-hydrogen) atoms. The van der Waals surface area contributed by atoms with Crippen molar-refractivity contribution >= 4 is 22.4 Å². The Balaban J connectivity index is 1.58. The third-order valence-electron chi connectivity index (χ3n) is 6.31. The van der Waals surface area contributed by atoms with E-state index in [0.29, 0.717) is 12.2 Å². The summed E-state index contributed by atoms with van der Waals surface area (Å²) in [6.07, 6.45) is 1.59. The standard InChI is InChI=1S/C26H22N4O4/c1-17-16-24(31)25(27-29(17)22-12-4-5-13-23(22)30(33)34)26(32)28-15-7-14-21(28)20-11-6-9-18-8-2-3-10-19(18)20/h2-6,8-13,16,21H,7,14-15H2,1H3. The number of nitro groups is 1. The minimum Gasteiger partial charge on any atom is -0.330 e. The van der Waals surface area contributed by atoms with Gasteiger partial charge in [-0.2, -0.15) is 5.10 Å². The summed E-state index contributed by atoms with van der Waals surface area (Å²) < 4.78 is 1.30. The molecule has 1 unspecified atom stereocenters. The minimum atomic E-state index is -0.507. The molecule has 1 aliphatic rings. The first-order valence-corrected chi connectivity index (χ1v) is 11.1. The van der Waals surface area contributed by atoms with Crippen molar-refractivity contribution in [2.75, 3.05) is 6.54 Å². The molecule has 8 nitrogen and oxygen atoms in total. The zero-order valence-corrected chi connectivity index (χ0v) is 18.5. The average Bonchev–Trinajstić information content (AvgIpc) is 3.33. The largest absolute Gasteiger partial charge is 0.330 e. The average molecular weight is 454 g/mol. The normalized spacial score (nSPS) is 15.6. The number of amides is 1. The van der Waals surface area contributed by atoms with Crippen LogP contribution in [0.4, 0.5) is 5.69 Å². The number of fused-ring (bicyclic) bond motifs is 1. The number of hydrogen-bond acceptors (Lipinski definition) is 5. The highest BCUT2D eigenvalue weighted by Gasteiger charge is 2.34. The van der Waals surface area contributed by atoms with Gasteiger partial charge in [0.2, 0.25) is 5.43 Å². The number of hydrogen-bond donors (Lipinski definition) is 0. The van der Waals surface area contributed by atoms with Crippen molar-refractivity contribution in [2.45, 2.75) is 25.8 Å². The van der Waals surface area contributed by atoms with E-state index in [2.05, 4.69) is 5.10 Å². The molecule has 0 aliphatic carbocycles. The summed E-state index contributed by atoms with van der Waals surface area (Å²) >= 11 is 0. The Morgan fingerprint density at radius 2 is 1.79 bits per heavy atom. The highest BCUT2D eigenvalue weighted by molar-refractivity contribution is 5.93. The van der Waals surface area contributed by atoms with Crippen LogP contribution in [0, 0.1) is 17.0 Å². The number of likely N-dealkylation sites (tertiary alicyclic amines) is 1. The molecule has 3 aromatic carbocycles. The first-order chi connectivity index (χ1) is 16.5. The number of aryl methyl sites for hydroxylation is 1. The van der Waals surface area contributed by atoms with Gasteiger partial charge in [0.15, 0.2) is 5.69 Å². The molecule has 1 fully saturated rings. The van der Waals surface area contributed by atoms with Gasteiger partial charge < -0.3 is 4.90 Å². The maximum atomic E-state index is 13.6. The van der Waals surface area contributed by atoms with Crippen molar-refractivity contribution in [3.05, 3.63) is 110 Å². The molecule has 0 saturated carbocycles. The number of nitrogens with zero attached hydrogens (tertiary/aromatic N) is 4. The Morgan fingerprint density at radius 1 is 1.06 bits per heavy atom. The predicted molar refractivity (Wildman–Crippen MR) is 128 cm³/mol. The van der Waals surface area contributed by atoms with E-state index in [-0.39, 0.29) is 23.1 Å². The molecule has 2 heterocycles. The second-order valence-corrected chi connectivity index (χ2v) is 8.38. The Labute approximate surface area is 195 Å². The van der Waals surface area contributed by atoms with Gasteiger partial charge in [-0.3, -0.25) is 19.7 Å². The van der Waals surface area contributed by atoms with Crippen molar-refractivity contribution in [3.63, 3.8) is 0 Å². The van der Waals surface area contributed by atoms with Crippen LogP contribution in [0.2, 0.25) is 0 Å². The second-order valence-electron chi connectivity index (χ2n) is 8.38. The molecular weight excluding hydrogens is 432 g/mol. The third kappa shape index (κ3) is 3.63. The van der Waals surface area contributed by atoms with Gasteiger partial charge in [0.05, 0.1) is 11.0 Å². The van der Waals surface area contributed by atoms with E-state index < -0.39 is 16.3 Å². The van der Waals surface area contributed by atoms with Gasteiger partial charge in [-0.15, -0.1) is 0 Å². The monoisotopic (exact) mass is 454 g/mol. The molecule has 0 spiro atoms. The molecular formula is C26H22N4O4. The topological polar surface area (TPSA) is 98.3 Å². The Morgan fingerprint density at radius 3 is 2.62 bits per heavy atom. The first kappa shape index (κ1) is 21.5. The number of benzene rings is 3. The Kier molecular flexibility index (Phi) is 5.41. The molecule has 0 radical (unpaired) electrons. The van der Waals surface area contributed by atoms with Crippen molar-refractivity contribution in [3.8, 4) is 5.69 Å². The van der Waals surface area contributed by atoms with Gasteiger partial charge >= 0.3 is 0 Å². The highest BCUT2D eigenvalue weighted by atomic mass is 16.6. The number of carbonyl (C=O) groups excluding carboxylic acids is 1. The summed E-state index contributed by atoms with van der Waals surface area (Å²) in [5.74, 6) is -0.465. The quantitative estimate of drug-likeness (QED) is 0.332. The molecule has 0 N–H and O–H groups in total. The van der Waals surface area contributed by atoms with Crippen LogP contribution < -0.4 is 5.43 Å². The fourth-order valence-electron chi connectivity index (χ4n) is 4.75. The lowest BCUT2D eigenvalue weighted by Crippen LogP contribution is -2.36. The zero-order valence-electron chi connectivity index (χ0n) is 18.5. The Hall–Kier alpha value is -4.33. The molecule has 0 bridgehead atoms. The molecule has 1 amide bonds. The number of aromatic nitrogens is 2. The SMILES string of the molecule is Cc1cc(=O)c(C(=O)N2CCCC2c2cccc3ccccc23)nn1-c1ccccc1[N+](=O)[O-]. The van der Waals surface area contributed by atoms with Gasteiger partial charge in [-0.1, -0.05) is 54.6 Å². The van der Waals surface area contributed by atoms with Gasteiger partial charge in [0.1, 0.15) is 5.69 Å². The lowest BCUT2D eigenvalue weighted by Gasteiger charge is -2.26. The smallest absolute Gasteiger partial charge is 0.294 e. The molecule has 1 saturated heterocycles. The van der Waals surface area contributed by atoms with Crippen molar-refractivity contribution in [2.24, 2.45) is 0 Å². The number of rotatable bonds is 4. The van der Waals surface area contributed by atoms with Crippen LogP contribution in [0.1, 0.15) is 40.6 Å². The molecule has 4 aromatic rings. The number of carbonyl (C=O) groups is 1. The fraction of sp³-hybridized carbons (Fsp3) is 0.192. The summed E-state index contributed by atoms with van der Waals surface area (Å²) in [5, 5.41) is 18.0. The van der Waals surface area contributed by atoms with E-state index >= 15 is 0 Å². The summed E-state index contributed by atoms with van der Waals surface area (Å²) in [4.78, 5) is 39.2. The van der Waals surface area contributed by atoms with E-state index in [1.54, 1.807) is 30.0 Å². The van der Waals surface area contributed by atoms with Crippen molar-refractivity contribution in [1.29, 1.82) is 0 Å². The number of para-hydroxylation sites is 2. The van der Waals surface area contributed by atoms with E-state index in [0.717, 1.165) is 29.2 Å². The predicted octanol–water partition coefficient (Wildman–Crippen LogP) is 4.58. The summed E-state index contributed by atoms with van der Waals surface area (Å²) in [6, 6.07) is 21.3. The van der Waals surface area contributed by atoms with Gasteiger partial charge in [0, 0.05) is 24.4 Å². The number of nitro benzene ring substituents is 1. The van der Waals surface area contributed by atoms with Gasteiger partial charge in [0.25, 0.3) is 11.6 Å². The molecule has 8 heteroatoms. The molecule has 170 valence electrons. The van der Waals surface area contributed by atoms with Crippen LogP contribution in [0.3, 0.4) is 0 Å². The van der Waals surface area contributed by atoms with E-state index in [1.807, 2.05) is 42.5 Å². The van der Waals surface area contributed by atoms with Crippen LogP contribution >= 0.6 is 0 Å². The van der Waals surface area contributed by atoms with Gasteiger partial charge in [-0.25, -0.2) is 4.68 Å². The molecule has 1 atom stereocenters. The minimum absolute atomic E-state index is 0.157. The lowest BCUT2D eigenvalue weighted by atomic mass is 9.97. The van der Waals surface area contributed by atoms with E-state index in [4.69, 9.17) is 0 Å². The molecule has 1 aliphatic heterocycles. The lowest BCUT2D eigenvalue weighted by molar-refractivity contribution is -0.384. The van der Waals surface area contributed by atoms with Crippen molar-refractivity contribution < 1.29 is 9.72 Å². The summed E-state index contributed by atoms with van der Waals surface area (Å²) in [7, 11) is 0. The summed E-state index contributed by atoms with van der Waals surface area (Å²) in [6.45, 7) is 2.14.